The van der Waals surface area contributed by atoms with Crippen molar-refractivity contribution in [2.45, 2.75) is 63.8 Å². The Hall–Kier alpha value is -2.34. The van der Waals surface area contributed by atoms with Crippen LogP contribution in [-0.4, -0.2) is 30.0 Å². The van der Waals surface area contributed by atoms with E-state index >= 15 is 0 Å². The van der Waals surface area contributed by atoms with Crippen LogP contribution in [0, 0.1) is 12.8 Å². The van der Waals surface area contributed by atoms with Gasteiger partial charge >= 0.3 is 6.18 Å². The summed E-state index contributed by atoms with van der Waals surface area (Å²) < 4.78 is 47.3. The molecule has 0 bridgehead atoms. The molecule has 1 unspecified atom stereocenters. The highest BCUT2D eigenvalue weighted by molar-refractivity contribution is 5.77. The summed E-state index contributed by atoms with van der Waals surface area (Å²) in [7, 11) is 0. The van der Waals surface area contributed by atoms with E-state index in [0.29, 0.717) is 31.0 Å². The average Bonchev–Trinajstić information content (AvgIpc) is 2.74. The topological polar surface area (TPSA) is 29.5 Å². The van der Waals surface area contributed by atoms with Gasteiger partial charge in [0.2, 0.25) is 5.91 Å². The van der Waals surface area contributed by atoms with Crippen molar-refractivity contribution in [3.63, 3.8) is 0 Å². The Morgan fingerprint density at radius 3 is 2.34 bits per heavy atom. The van der Waals surface area contributed by atoms with E-state index in [1.54, 1.807) is 11.0 Å². The van der Waals surface area contributed by atoms with Crippen molar-refractivity contribution in [1.82, 2.24) is 4.90 Å². The van der Waals surface area contributed by atoms with E-state index in [9.17, 15) is 18.0 Å². The van der Waals surface area contributed by atoms with E-state index in [2.05, 4.69) is 0 Å². The first-order valence-corrected chi connectivity index (χ1v) is 11.5. The smallest absolute Gasteiger partial charge is 0.362 e. The van der Waals surface area contributed by atoms with Crippen molar-refractivity contribution in [2.75, 3.05) is 13.1 Å². The Morgan fingerprint density at radius 2 is 1.69 bits per heavy atom. The molecule has 1 heterocycles. The summed E-state index contributed by atoms with van der Waals surface area (Å²) in [4.78, 5) is 14.4. The molecule has 1 amide bonds. The third kappa shape index (κ3) is 5.34. The van der Waals surface area contributed by atoms with Gasteiger partial charge in [-0.2, -0.15) is 13.2 Å². The Balaban J connectivity index is 1.47. The quantitative estimate of drug-likeness (QED) is 0.522. The predicted molar refractivity (Wildman–Crippen MR) is 117 cm³/mol. The van der Waals surface area contributed by atoms with E-state index in [0.717, 1.165) is 24.5 Å². The number of rotatable bonds is 6. The molecule has 0 aromatic heterocycles. The van der Waals surface area contributed by atoms with Crippen LogP contribution in [0.2, 0.25) is 0 Å². The third-order valence-corrected chi connectivity index (χ3v) is 6.65. The molecule has 4 rings (SSSR count). The van der Waals surface area contributed by atoms with Crippen LogP contribution < -0.4 is 0 Å². The van der Waals surface area contributed by atoms with E-state index in [-0.39, 0.29) is 17.6 Å². The number of hydrogen-bond acceptors (Lipinski definition) is 2. The Bertz CT molecular complexity index is 913. The number of alkyl halides is 3. The molecule has 32 heavy (non-hydrogen) atoms. The first-order valence-electron chi connectivity index (χ1n) is 11.5. The summed E-state index contributed by atoms with van der Waals surface area (Å²) in [5, 5.41) is 0. The summed E-state index contributed by atoms with van der Waals surface area (Å²) >= 11 is 0. The van der Waals surface area contributed by atoms with Gasteiger partial charge in [0, 0.05) is 19.5 Å². The van der Waals surface area contributed by atoms with Gasteiger partial charge in [0.1, 0.15) is 6.10 Å². The van der Waals surface area contributed by atoms with Gasteiger partial charge in [-0.1, -0.05) is 67.3 Å². The fourth-order valence-corrected chi connectivity index (χ4v) is 4.74. The van der Waals surface area contributed by atoms with Crippen LogP contribution in [0.3, 0.4) is 0 Å². The summed E-state index contributed by atoms with van der Waals surface area (Å²) in [5.74, 6) is 0.606. The minimum Gasteiger partial charge on any atom is -0.362 e. The second-order valence-electron chi connectivity index (χ2n) is 9.14. The molecular weight excluding hydrogens is 415 g/mol. The molecule has 2 aromatic rings. The standard InChI is InChI=1S/C26H30F3NO2/c1-18-11-13-20(14-12-18)25(22-9-5-6-10-23(22)26(27,28)29)32-21-16-30(17-21)24(31)15-19-7-3-2-4-8-19/h5-6,9-14,19,21,25H,2-4,7-8,15-17H2,1H3. The fourth-order valence-electron chi connectivity index (χ4n) is 4.74. The maximum Gasteiger partial charge on any atom is 0.416 e. The molecule has 6 heteroatoms. The lowest BCUT2D eigenvalue weighted by Crippen LogP contribution is -2.55. The van der Waals surface area contributed by atoms with Gasteiger partial charge < -0.3 is 9.64 Å². The molecule has 172 valence electrons. The van der Waals surface area contributed by atoms with Gasteiger partial charge in [-0.25, -0.2) is 0 Å². The molecule has 2 aromatic carbocycles. The van der Waals surface area contributed by atoms with Gasteiger partial charge in [0.05, 0.1) is 11.7 Å². The molecule has 0 radical (unpaired) electrons. The summed E-state index contributed by atoms with van der Waals surface area (Å²) in [6.45, 7) is 2.80. The lowest BCUT2D eigenvalue weighted by Gasteiger charge is -2.41. The van der Waals surface area contributed by atoms with Crippen molar-refractivity contribution < 1.29 is 22.7 Å². The van der Waals surface area contributed by atoms with Crippen molar-refractivity contribution >= 4 is 5.91 Å². The molecule has 3 nitrogen and oxygen atoms in total. The molecule has 1 saturated carbocycles. The van der Waals surface area contributed by atoms with E-state index < -0.39 is 17.8 Å². The molecule has 1 aliphatic carbocycles. The number of carbonyl (C=O) groups excluding carboxylic acids is 1. The Kier molecular flexibility index (Phi) is 6.89. The van der Waals surface area contributed by atoms with Crippen molar-refractivity contribution in [3.8, 4) is 0 Å². The Morgan fingerprint density at radius 1 is 1.03 bits per heavy atom. The van der Waals surface area contributed by atoms with Crippen molar-refractivity contribution in [2.24, 2.45) is 5.92 Å². The number of aryl methyl sites for hydroxylation is 1. The highest BCUT2D eigenvalue weighted by Crippen LogP contribution is 2.39. The lowest BCUT2D eigenvalue weighted by atomic mass is 9.86. The molecule has 1 aliphatic heterocycles. The van der Waals surface area contributed by atoms with Crippen LogP contribution in [-0.2, 0) is 15.7 Å². The van der Waals surface area contributed by atoms with Gasteiger partial charge in [0.25, 0.3) is 0 Å². The minimum atomic E-state index is -4.47. The van der Waals surface area contributed by atoms with Crippen molar-refractivity contribution in [3.05, 3.63) is 70.8 Å². The van der Waals surface area contributed by atoms with E-state index in [1.807, 2.05) is 31.2 Å². The molecule has 1 atom stereocenters. The number of carbonyl (C=O) groups is 1. The summed E-state index contributed by atoms with van der Waals surface area (Å²) in [5.41, 5.74) is 1.13. The third-order valence-electron chi connectivity index (χ3n) is 6.65. The highest BCUT2D eigenvalue weighted by Gasteiger charge is 2.39. The van der Waals surface area contributed by atoms with Crippen molar-refractivity contribution in [1.29, 1.82) is 0 Å². The Labute approximate surface area is 187 Å². The van der Waals surface area contributed by atoms with Crippen LogP contribution in [0.1, 0.15) is 66.9 Å². The van der Waals surface area contributed by atoms with Gasteiger partial charge in [-0.15, -0.1) is 0 Å². The lowest BCUT2D eigenvalue weighted by molar-refractivity contribution is -0.150. The van der Waals surface area contributed by atoms with Crippen LogP contribution in [0.4, 0.5) is 13.2 Å². The number of benzene rings is 2. The maximum atomic E-state index is 13.7. The molecule has 1 saturated heterocycles. The van der Waals surface area contributed by atoms with Crippen LogP contribution in [0.25, 0.3) is 0 Å². The number of hydrogen-bond donors (Lipinski definition) is 0. The first-order chi connectivity index (χ1) is 15.3. The van der Waals surface area contributed by atoms with E-state index in [1.165, 1.54) is 31.4 Å². The van der Waals surface area contributed by atoms with Crippen LogP contribution in [0.5, 0.6) is 0 Å². The van der Waals surface area contributed by atoms with Gasteiger partial charge in [-0.3, -0.25) is 4.79 Å². The van der Waals surface area contributed by atoms with Crippen LogP contribution >= 0.6 is 0 Å². The zero-order valence-electron chi connectivity index (χ0n) is 18.4. The number of halogens is 3. The number of nitrogens with zero attached hydrogens (tertiary/aromatic N) is 1. The molecule has 0 spiro atoms. The molecule has 0 N–H and O–H groups in total. The monoisotopic (exact) mass is 445 g/mol. The zero-order valence-corrected chi connectivity index (χ0v) is 18.4. The van der Waals surface area contributed by atoms with E-state index in [4.69, 9.17) is 4.74 Å². The summed E-state index contributed by atoms with van der Waals surface area (Å²) in [6.07, 6.45) is 0.861. The molecule has 2 fully saturated rings. The largest absolute Gasteiger partial charge is 0.416 e. The van der Waals surface area contributed by atoms with Crippen LogP contribution in [0.15, 0.2) is 48.5 Å². The molecule has 2 aliphatic rings. The minimum absolute atomic E-state index is 0.107. The van der Waals surface area contributed by atoms with Gasteiger partial charge in [0.15, 0.2) is 0 Å². The average molecular weight is 446 g/mol. The number of amides is 1. The van der Waals surface area contributed by atoms with Gasteiger partial charge in [-0.05, 0) is 42.9 Å². The first kappa shape index (κ1) is 22.8. The maximum absolute atomic E-state index is 13.7. The number of likely N-dealkylation sites (tertiary alicyclic amines) is 1. The predicted octanol–water partition coefficient (Wildman–Crippen LogP) is 6.30. The highest BCUT2D eigenvalue weighted by atomic mass is 19.4. The zero-order chi connectivity index (χ0) is 22.7. The summed E-state index contributed by atoms with van der Waals surface area (Å²) in [6, 6.07) is 13.0. The second kappa shape index (κ2) is 9.65. The molecular formula is C26H30F3NO2. The SMILES string of the molecule is Cc1ccc(C(OC2CN(C(=O)CC3CCCCC3)C2)c2ccccc2C(F)(F)F)cc1. The second-order valence-corrected chi connectivity index (χ2v) is 9.14. The fraction of sp³-hybridized carbons (Fsp3) is 0.500. The number of ether oxygens (including phenoxy) is 1. The normalized spacial score (nSPS) is 18.9.